The van der Waals surface area contributed by atoms with Crippen molar-refractivity contribution < 1.29 is 33.7 Å². The van der Waals surface area contributed by atoms with Crippen LogP contribution in [0.1, 0.15) is 43.7 Å². The number of esters is 2. The molecule has 1 aromatic heterocycles. The van der Waals surface area contributed by atoms with Gasteiger partial charge in [-0.2, -0.15) is 0 Å². The topological polar surface area (TPSA) is 116 Å². The van der Waals surface area contributed by atoms with Gasteiger partial charge in [-0.05, 0) is 69.7 Å². The van der Waals surface area contributed by atoms with Crippen LogP contribution in [0.2, 0.25) is 0 Å². The van der Waals surface area contributed by atoms with Gasteiger partial charge in [-0.15, -0.1) is 0 Å². The minimum Gasteiger partial charge on any atom is -0.508 e. The maximum atomic E-state index is 13.0. The van der Waals surface area contributed by atoms with Crippen LogP contribution < -0.4 is 10.1 Å². The molecule has 0 aliphatic carbocycles. The third kappa shape index (κ3) is 6.78. The van der Waals surface area contributed by atoms with Crippen LogP contribution in [0.15, 0.2) is 48.5 Å². The molecule has 2 N–H and O–H groups in total. The van der Waals surface area contributed by atoms with E-state index in [4.69, 9.17) is 14.2 Å². The number of phenolic OH excluding ortho intramolecular Hbond substituents is 1. The molecule has 0 unspecified atom stereocenters. The van der Waals surface area contributed by atoms with Gasteiger partial charge in [0.05, 0.1) is 13.7 Å². The van der Waals surface area contributed by atoms with Gasteiger partial charge in [0.25, 0.3) is 0 Å². The second kappa shape index (κ2) is 11.2. The summed E-state index contributed by atoms with van der Waals surface area (Å²) in [6.07, 6.45) is 0.208. The number of aromatic nitrogens is 1. The lowest BCUT2D eigenvalue weighted by molar-refractivity contribution is -0.145. The second-order valence-electron chi connectivity index (χ2n) is 9.29. The first-order valence-electron chi connectivity index (χ1n) is 11.6. The summed E-state index contributed by atoms with van der Waals surface area (Å²) in [5.74, 6) is -0.949. The largest absolute Gasteiger partial charge is 0.508 e. The van der Waals surface area contributed by atoms with Gasteiger partial charge in [0.1, 0.15) is 35.4 Å². The fourth-order valence-electron chi connectivity index (χ4n) is 3.80. The van der Waals surface area contributed by atoms with E-state index >= 15 is 0 Å². The molecule has 1 heterocycles. The van der Waals surface area contributed by atoms with Crippen molar-refractivity contribution in [1.29, 1.82) is 0 Å². The third-order valence-electron chi connectivity index (χ3n) is 5.28. The molecule has 3 rings (SSSR count). The van der Waals surface area contributed by atoms with Crippen molar-refractivity contribution in [2.24, 2.45) is 0 Å². The van der Waals surface area contributed by atoms with Crippen molar-refractivity contribution in [2.75, 3.05) is 13.7 Å². The van der Waals surface area contributed by atoms with Gasteiger partial charge in [-0.25, -0.2) is 9.59 Å². The molecule has 0 aliphatic heterocycles. The zero-order chi connectivity index (χ0) is 26.5. The number of phenols is 1. The number of nitrogens with one attached hydrogen (secondary N) is 1. The molecule has 192 valence electrons. The molecule has 0 aliphatic rings. The summed E-state index contributed by atoms with van der Waals surface area (Å²) < 4.78 is 17.3. The highest BCUT2D eigenvalue weighted by atomic mass is 16.5. The maximum Gasteiger partial charge on any atom is 0.354 e. The highest BCUT2D eigenvalue weighted by Crippen LogP contribution is 2.25. The van der Waals surface area contributed by atoms with Gasteiger partial charge in [-0.3, -0.25) is 4.79 Å². The molecule has 0 fully saturated rings. The summed E-state index contributed by atoms with van der Waals surface area (Å²) in [4.78, 5) is 38.0. The molecule has 0 bridgehead atoms. The van der Waals surface area contributed by atoms with Gasteiger partial charge < -0.3 is 29.2 Å². The summed E-state index contributed by atoms with van der Waals surface area (Å²) in [5.41, 5.74) is 1.20. The smallest absolute Gasteiger partial charge is 0.354 e. The number of amides is 1. The number of carbonyl (C=O) groups excluding carboxylic acids is 3. The van der Waals surface area contributed by atoms with E-state index in [0.29, 0.717) is 16.7 Å². The fraction of sp³-hybridized carbons (Fsp3) is 0.370. The average Bonchev–Trinajstić information content (AvgIpc) is 3.15. The molecule has 0 spiro atoms. The molecular formula is C27H32N2O7. The standard InChI is InChI=1S/C27H32N2O7/c1-6-35-26(33)23-15-18-14-19(30)9-12-22(18)29(23)16-24(31)28-21(25(32)34-5)13-17-7-10-20(11-8-17)36-27(2,3)4/h7-12,14-15,21,30H,6,13,16H2,1-5H3,(H,28,31)/t21-/m0/s1. The molecular weight excluding hydrogens is 464 g/mol. The highest BCUT2D eigenvalue weighted by molar-refractivity contribution is 5.97. The number of fused-ring (bicyclic) bond motifs is 1. The average molecular weight is 497 g/mol. The number of nitrogens with zero attached hydrogens (tertiary/aromatic N) is 1. The van der Waals surface area contributed by atoms with Gasteiger partial charge >= 0.3 is 11.9 Å². The number of benzene rings is 2. The number of methoxy groups -OCH3 is 1. The van der Waals surface area contributed by atoms with Gasteiger partial charge in [0, 0.05) is 17.3 Å². The fourth-order valence-corrected chi connectivity index (χ4v) is 3.80. The number of rotatable bonds is 9. The first-order valence-corrected chi connectivity index (χ1v) is 11.6. The lowest BCUT2D eigenvalue weighted by Crippen LogP contribution is -2.44. The predicted octanol–water partition coefficient (Wildman–Crippen LogP) is 3.60. The molecule has 36 heavy (non-hydrogen) atoms. The van der Waals surface area contributed by atoms with Gasteiger partial charge in [0.15, 0.2) is 0 Å². The SMILES string of the molecule is CCOC(=O)c1cc2cc(O)ccc2n1CC(=O)N[C@@H](Cc1ccc(OC(C)(C)C)cc1)C(=O)OC. The van der Waals surface area contributed by atoms with Crippen molar-refractivity contribution in [1.82, 2.24) is 9.88 Å². The van der Waals surface area contributed by atoms with Crippen LogP contribution in [-0.2, 0) is 32.0 Å². The molecule has 3 aromatic rings. The van der Waals surface area contributed by atoms with Crippen molar-refractivity contribution in [3.8, 4) is 11.5 Å². The molecule has 9 heteroatoms. The molecule has 2 aromatic carbocycles. The predicted molar refractivity (Wildman–Crippen MR) is 134 cm³/mol. The Labute approximate surface area is 210 Å². The Kier molecular flexibility index (Phi) is 8.24. The third-order valence-corrected chi connectivity index (χ3v) is 5.28. The van der Waals surface area contributed by atoms with E-state index in [1.54, 1.807) is 19.1 Å². The lowest BCUT2D eigenvalue weighted by atomic mass is 10.1. The Morgan fingerprint density at radius 3 is 2.36 bits per heavy atom. The van der Waals surface area contributed by atoms with Crippen LogP contribution in [0, 0.1) is 0 Å². The quantitative estimate of drug-likeness (QED) is 0.435. The Morgan fingerprint density at radius 2 is 1.75 bits per heavy atom. The summed E-state index contributed by atoms with van der Waals surface area (Å²) in [6.45, 7) is 7.47. The normalized spacial score (nSPS) is 12.1. The molecule has 1 atom stereocenters. The Hall–Kier alpha value is -4.01. The first kappa shape index (κ1) is 26.6. The Bertz CT molecular complexity index is 1240. The minimum absolute atomic E-state index is 0.0317. The summed E-state index contributed by atoms with van der Waals surface area (Å²) in [6, 6.07) is 12.5. The molecule has 0 radical (unpaired) electrons. The minimum atomic E-state index is -0.936. The van der Waals surface area contributed by atoms with Crippen LogP contribution in [0.4, 0.5) is 0 Å². The summed E-state index contributed by atoms with van der Waals surface area (Å²) in [5, 5.41) is 13.1. The van der Waals surface area contributed by atoms with Gasteiger partial charge in [0.2, 0.25) is 5.91 Å². The monoisotopic (exact) mass is 496 g/mol. The van der Waals surface area contributed by atoms with Gasteiger partial charge in [-0.1, -0.05) is 12.1 Å². The van der Waals surface area contributed by atoms with E-state index in [9.17, 15) is 19.5 Å². The van der Waals surface area contributed by atoms with E-state index in [2.05, 4.69) is 5.32 Å². The number of carbonyl (C=O) groups is 3. The Morgan fingerprint density at radius 1 is 1.06 bits per heavy atom. The van der Waals surface area contributed by atoms with Crippen LogP contribution >= 0.6 is 0 Å². The van der Waals surface area contributed by atoms with Crippen molar-refractivity contribution in [3.63, 3.8) is 0 Å². The van der Waals surface area contributed by atoms with Crippen molar-refractivity contribution in [2.45, 2.75) is 52.3 Å². The molecule has 9 nitrogen and oxygen atoms in total. The number of aromatic hydroxyl groups is 1. The van der Waals surface area contributed by atoms with E-state index in [1.165, 1.54) is 23.8 Å². The summed E-state index contributed by atoms with van der Waals surface area (Å²) >= 11 is 0. The second-order valence-corrected chi connectivity index (χ2v) is 9.29. The van der Waals surface area contributed by atoms with Crippen molar-refractivity contribution >= 4 is 28.7 Å². The maximum absolute atomic E-state index is 13.0. The Balaban J connectivity index is 1.80. The van der Waals surface area contributed by atoms with Crippen LogP contribution in [0.5, 0.6) is 11.5 Å². The lowest BCUT2D eigenvalue weighted by Gasteiger charge is -2.21. The number of hydrogen-bond acceptors (Lipinski definition) is 7. The van der Waals surface area contributed by atoms with Crippen LogP contribution in [0.25, 0.3) is 10.9 Å². The number of hydrogen-bond donors (Lipinski definition) is 2. The summed E-state index contributed by atoms with van der Waals surface area (Å²) in [7, 11) is 1.26. The zero-order valence-corrected chi connectivity index (χ0v) is 21.2. The van der Waals surface area contributed by atoms with Crippen LogP contribution in [-0.4, -0.2) is 52.9 Å². The molecule has 0 saturated heterocycles. The van der Waals surface area contributed by atoms with Crippen molar-refractivity contribution in [3.05, 3.63) is 59.8 Å². The van der Waals surface area contributed by atoms with E-state index in [-0.39, 0.29) is 36.6 Å². The number of ether oxygens (including phenoxy) is 3. The van der Waals surface area contributed by atoms with E-state index in [0.717, 1.165) is 5.56 Å². The zero-order valence-electron chi connectivity index (χ0n) is 21.2. The first-order chi connectivity index (χ1) is 17.0. The van der Waals surface area contributed by atoms with E-state index in [1.807, 2.05) is 45.0 Å². The molecule has 1 amide bonds. The molecule has 0 saturated carbocycles. The highest BCUT2D eigenvalue weighted by Gasteiger charge is 2.24. The van der Waals surface area contributed by atoms with E-state index < -0.39 is 23.9 Å². The van der Waals surface area contributed by atoms with Crippen LogP contribution in [0.3, 0.4) is 0 Å².